The largest absolute Gasteiger partial charge is 0.310 e. The van der Waals surface area contributed by atoms with Crippen molar-refractivity contribution in [3.8, 4) is 6.07 Å². The molecule has 0 radical (unpaired) electrons. The van der Waals surface area contributed by atoms with Crippen LogP contribution in [-0.2, 0) is 0 Å². The maximum absolute atomic E-state index is 8.95. The van der Waals surface area contributed by atoms with E-state index in [1.807, 2.05) is 18.2 Å². The summed E-state index contributed by atoms with van der Waals surface area (Å²) in [5, 5.41) is 12.5. The summed E-state index contributed by atoms with van der Waals surface area (Å²) in [6.45, 7) is 9.23. The number of benzene rings is 1. The molecule has 0 aromatic heterocycles. The van der Waals surface area contributed by atoms with Gasteiger partial charge < -0.3 is 10.2 Å². The second-order valence-corrected chi connectivity index (χ2v) is 5.98. The van der Waals surface area contributed by atoms with Crippen LogP contribution in [0.5, 0.6) is 0 Å². The van der Waals surface area contributed by atoms with Gasteiger partial charge >= 0.3 is 0 Å². The minimum atomic E-state index is 0.296. The average molecular weight is 271 g/mol. The van der Waals surface area contributed by atoms with Gasteiger partial charge in [0.1, 0.15) is 0 Å². The lowest BCUT2D eigenvalue weighted by Crippen LogP contribution is -2.32. The fourth-order valence-electron chi connectivity index (χ4n) is 2.84. The molecule has 2 atom stereocenters. The molecule has 2 unspecified atom stereocenters. The van der Waals surface area contributed by atoms with Crippen LogP contribution in [0.15, 0.2) is 24.3 Å². The third-order valence-electron chi connectivity index (χ3n) is 4.06. The molecule has 2 rings (SSSR count). The van der Waals surface area contributed by atoms with E-state index in [4.69, 9.17) is 5.26 Å². The van der Waals surface area contributed by atoms with E-state index in [0.29, 0.717) is 12.0 Å². The molecule has 1 heterocycles. The van der Waals surface area contributed by atoms with Crippen LogP contribution in [0, 0.1) is 17.2 Å². The van der Waals surface area contributed by atoms with Crippen LogP contribution in [0.2, 0.25) is 0 Å². The maximum atomic E-state index is 8.95. The Kier molecular flexibility index (Phi) is 5.58. The van der Waals surface area contributed by atoms with Gasteiger partial charge in [-0.05, 0) is 63.0 Å². The van der Waals surface area contributed by atoms with E-state index in [1.165, 1.54) is 38.0 Å². The minimum absolute atomic E-state index is 0.296. The molecule has 1 aromatic rings. The molecule has 3 heteroatoms. The van der Waals surface area contributed by atoms with E-state index in [2.05, 4.69) is 36.2 Å². The van der Waals surface area contributed by atoms with Gasteiger partial charge in [0.25, 0.3) is 0 Å². The third kappa shape index (κ3) is 4.33. The lowest BCUT2D eigenvalue weighted by Gasteiger charge is -2.22. The van der Waals surface area contributed by atoms with Gasteiger partial charge in [-0.3, -0.25) is 0 Å². The van der Waals surface area contributed by atoms with E-state index in [-0.39, 0.29) is 0 Å². The number of nitrogens with zero attached hydrogens (tertiary/aromatic N) is 2. The van der Waals surface area contributed by atoms with E-state index in [1.54, 1.807) is 0 Å². The zero-order valence-electron chi connectivity index (χ0n) is 12.6. The zero-order chi connectivity index (χ0) is 14.4. The smallest absolute Gasteiger partial charge is 0.0991 e. The first-order valence-corrected chi connectivity index (χ1v) is 7.65. The molecule has 0 spiro atoms. The molecule has 3 nitrogen and oxygen atoms in total. The molecule has 1 fully saturated rings. The summed E-state index contributed by atoms with van der Waals surface area (Å²) in [5.41, 5.74) is 1.93. The average Bonchev–Trinajstić information content (AvgIpc) is 2.97. The lowest BCUT2D eigenvalue weighted by atomic mass is 10.0. The van der Waals surface area contributed by atoms with Crippen molar-refractivity contribution in [2.75, 3.05) is 26.2 Å². The van der Waals surface area contributed by atoms with Crippen LogP contribution in [0.4, 0.5) is 0 Å². The molecule has 108 valence electrons. The van der Waals surface area contributed by atoms with Gasteiger partial charge in [0.2, 0.25) is 0 Å². The Balaban J connectivity index is 1.78. The van der Waals surface area contributed by atoms with Crippen LogP contribution >= 0.6 is 0 Å². The van der Waals surface area contributed by atoms with Crippen molar-refractivity contribution in [3.63, 3.8) is 0 Å². The van der Waals surface area contributed by atoms with Crippen LogP contribution in [0.1, 0.15) is 43.9 Å². The highest BCUT2D eigenvalue weighted by atomic mass is 15.1. The predicted octanol–water partition coefficient (Wildman–Crippen LogP) is 2.94. The number of hydrogen-bond acceptors (Lipinski definition) is 3. The normalized spacial score (nSPS) is 18.6. The topological polar surface area (TPSA) is 39.1 Å². The van der Waals surface area contributed by atoms with Crippen molar-refractivity contribution < 1.29 is 0 Å². The SMILES string of the molecule is CC(CNC(C)c1cccc(C#N)c1)CN1CCCC1. The van der Waals surface area contributed by atoms with Crippen molar-refractivity contribution in [2.45, 2.75) is 32.7 Å². The minimum Gasteiger partial charge on any atom is -0.310 e. The van der Waals surface area contributed by atoms with Gasteiger partial charge in [-0.25, -0.2) is 0 Å². The highest BCUT2D eigenvalue weighted by Crippen LogP contribution is 2.15. The molecule has 1 aliphatic rings. The van der Waals surface area contributed by atoms with Gasteiger partial charge in [-0.2, -0.15) is 5.26 Å². The Morgan fingerprint density at radius 2 is 2.05 bits per heavy atom. The van der Waals surface area contributed by atoms with Crippen molar-refractivity contribution in [1.29, 1.82) is 5.26 Å². The summed E-state index contributed by atoms with van der Waals surface area (Å²) in [5.74, 6) is 0.662. The molecular formula is C17H25N3. The summed E-state index contributed by atoms with van der Waals surface area (Å²) in [7, 11) is 0. The zero-order valence-corrected chi connectivity index (χ0v) is 12.6. The van der Waals surface area contributed by atoms with Crippen LogP contribution in [0.3, 0.4) is 0 Å². The second kappa shape index (κ2) is 7.42. The summed E-state index contributed by atoms with van der Waals surface area (Å²) >= 11 is 0. The maximum Gasteiger partial charge on any atom is 0.0991 e. The second-order valence-electron chi connectivity index (χ2n) is 5.98. The molecule has 1 aromatic carbocycles. The number of hydrogen-bond donors (Lipinski definition) is 1. The van der Waals surface area contributed by atoms with Gasteiger partial charge in [0.05, 0.1) is 11.6 Å². The molecule has 0 saturated carbocycles. The molecule has 20 heavy (non-hydrogen) atoms. The summed E-state index contributed by atoms with van der Waals surface area (Å²) in [6, 6.07) is 10.4. The molecular weight excluding hydrogens is 246 g/mol. The van der Waals surface area contributed by atoms with Crippen LogP contribution in [-0.4, -0.2) is 31.1 Å². The van der Waals surface area contributed by atoms with E-state index >= 15 is 0 Å². The molecule has 0 bridgehead atoms. The fourth-order valence-corrected chi connectivity index (χ4v) is 2.84. The van der Waals surface area contributed by atoms with E-state index in [0.717, 1.165) is 12.1 Å². The first-order valence-electron chi connectivity index (χ1n) is 7.65. The first kappa shape index (κ1) is 15.0. The molecule has 1 N–H and O–H groups in total. The predicted molar refractivity (Wildman–Crippen MR) is 82.4 cm³/mol. The highest BCUT2D eigenvalue weighted by molar-refractivity contribution is 5.33. The Morgan fingerprint density at radius 3 is 2.75 bits per heavy atom. The molecule has 0 amide bonds. The Hall–Kier alpha value is -1.37. The van der Waals surface area contributed by atoms with Gasteiger partial charge in [0, 0.05) is 12.6 Å². The summed E-state index contributed by atoms with van der Waals surface area (Å²) < 4.78 is 0. The molecule has 0 aliphatic carbocycles. The van der Waals surface area contributed by atoms with E-state index in [9.17, 15) is 0 Å². The van der Waals surface area contributed by atoms with Gasteiger partial charge in [0.15, 0.2) is 0 Å². The fraction of sp³-hybridized carbons (Fsp3) is 0.588. The summed E-state index contributed by atoms with van der Waals surface area (Å²) in [6.07, 6.45) is 2.72. The highest BCUT2D eigenvalue weighted by Gasteiger charge is 2.15. The Labute approximate surface area is 122 Å². The number of nitrogens with one attached hydrogen (secondary N) is 1. The van der Waals surface area contributed by atoms with Crippen molar-refractivity contribution in [3.05, 3.63) is 35.4 Å². The summed E-state index contributed by atoms with van der Waals surface area (Å²) in [4.78, 5) is 2.56. The number of rotatable bonds is 6. The first-order chi connectivity index (χ1) is 9.69. The number of nitriles is 1. The van der Waals surface area contributed by atoms with Crippen molar-refractivity contribution in [1.82, 2.24) is 10.2 Å². The van der Waals surface area contributed by atoms with Crippen LogP contribution < -0.4 is 5.32 Å². The Morgan fingerprint density at radius 1 is 1.30 bits per heavy atom. The van der Waals surface area contributed by atoms with Crippen molar-refractivity contribution in [2.24, 2.45) is 5.92 Å². The molecule has 1 aliphatic heterocycles. The van der Waals surface area contributed by atoms with Crippen molar-refractivity contribution >= 4 is 0 Å². The quantitative estimate of drug-likeness (QED) is 0.864. The van der Waals surface area contributed by atoms with Gasteiger partial charge in [-0.1, -0.05) is 19.1 Å². The molecule has 1 saturated heterocycles. The van der Waals surface area contributed by atoms with Gasteiger partial charge in [-0.15, -0.1) is 0 Å². The van der Waals surface area contributed by atoms with E-state index < -0.39 is 0 Å². The monoisotopic (exact) mass is 271 g/mol. The van der Waals surface area contributed by atoms with Crippen LogP contribution in [0.25, 0.3) is 0 Å². The number of likely N-dealkylation sites (tertiary alicyclic amines) is 1. The Bertz CT molecular complexity index is 458. The lowest BCUT2D eigenvalue weighted by molar-refractivity contribution is 0.279. The third-order valence-corrected chi connectivity index (χ3v) is 4.06. The standard InChI is InChI=1S/C17H25N3/c1-14(13-20-8-3-4-9-20)12-19-15(2)17-7-5-6-16(10-17)11-18/h5-7,10,14-15,19H,3-4,8-9,12-13H2,1-2H3.